The molecule has 18 nitrogen and oxygen atoms in total. The smallest absolute Gasteiger partial charge is 0.267 e. The van der Waals surface area contributed by atoms with Crippen molar-refractivity contribution in [3.8, 4) is 34.2 Å². The van der Waals surface area contributed by atoms with Crippen LogP contribution in [0.25, 0.3) is 45.4 Å². The van der Waals surface area contributed by atoms with Gasteiger partial charge in [0.25, 0.3) is 11.8 Å². The lowest BCUT2D eigenvalue weighted by atomic mass is 10.3. The van der Waals surface area contributed by atoms with E-state index in [1.807, 2.05) is 155 Å². The van der Waals surface area contributed by atoms with Crippen molar-refractivity contribution >= 4 is 112 Å². The van der Waals surface area contributed by atoms with Crippen molar-refractivity contribution in [2.75, 3.05) is 32.7 Å². The van der Waals surface area contributed by atoms with E-state index in [1.54, 1.807) is 45.2 Å². The van der Waals surface area contributed by atoms with Gasteiger partial charge in [0.2, 0.25) is 0 Å². The lowest BCUT2D eigenvalue weighted by molar-refractivity contribution is 0.102. The first kappa shape index (κ1) is 44.5. The van der Waals surface area contributed by atoms with E-state index in [0.717, 1.165) is 70.6 Å². The third kappa shape index (κ3) is 9.45. The average Bonchev–Trinajstić information content (AvgIpc) is 4.26. The molecular formula is C49H38N16O2S4. The number of aromatic nitrogens is 10. The van der Waals surface area contributed by atoms with Crippen LogP contribution in [0.5, 0.6) is 0 Å². The summed E-state index contributed by atoms with van der Waals surface area (Å²) in [6, 6.07) is 38.1. The molecule has 0 aliphatic carbocycles. The summed E-state index contributed by atoms with van der Waals surface area (Å²) in [5.74, 6) is 0.0813. The van der Waals surface area contributed by atoms with Gasteiger partial charge in [-0.05, 0) is 79.7 Å². The number of hydrogen-bond donors (Lipinski definition) is 6. The minimum Gasteiger partial charge on any atom is -0.394 e. The van der Waals surface area contributed by atoms with Gasteiger partial charge in [0.15, 0.2) is 21.9 Å². The highest BCUT2D eigenvalue weighted by molar-refractivity contribution is 7.19. The second-order valence-electron chi connectivity index (χ2n) is 15.5. The van der Waals surface area contributed by atoms with Gasteiger partial charge < -0.3 is 32.7 Å². The fourth-order valence-electron chi connectivity index (χ4n) is 7.36. The molecule has 0 bridgehead atoms. The fourth-order valence-corrected chi connectivity index (χ4v) is 10.6. The van der Waals surface area contributed by atoms with E-state index in [2.05, 4.69) is 46.4 Å². The zero-order valence-corrected chi connectivity index (χ0v) is 40.4. The first-order valence-electron chi connectivity index (χ1n) is 21.6. The fraction of sp³-hybridized carbons (Fsp3) is 0.0204. The number of nitrogens with one attached hydrogen (secondary N) is 4. The second kappa shape index (κ2) is 19.2. The molecule has 0 fully saturated rings. The van der Waals surface area contributed by atoms with Gasteiger partial charge >= 0.3 is 0 Å². The maximum atomic E-state index is 12.9. The van der Waals surface area contributed by atoms with E-state index in [9.17, 15) is 9.59 Å². The number of pyridine rings is 2. The summed E-state index contributed by atoms with van der Waals surface area (Å²) in [6.45, 7) is 2.03. The molecule has 71 heavy (non-hydrogen) atoms. The number of benzene rings is 2. The van der Waals surface area contributed by atoms with Crippen LogP contribution in [0, 0.1) is 6.92 Å². The molecule has 10 aromatic heterocycles. The van der Waals surface area contributed by atoms with E-state index in [-0.39, 0.29) is 11.8 Å². The van der Waals surface area contributed by atoms with Crippen LogP contribution in [0.1, 0.15) is 24.2 Å². The van der Waals surface area contributed by atoms with Crippen molar-refractivity contribution in [1.29, 1.82) is 0 Å². The number of carbonyl (C=O) groups excluding carboxylic acids is 2. The molecule has 350 valence electrons. The molecule has 0 atom stereocenters. The summed E-state index contributed by atoms with van der Waals surface area (Å²) >= 11 is 5.69. The molecule has 0 aliphatic heterocycles. The number of thiophene rings is 2. The number of hydrogen-bond acceptors (Lipinski definition) is 16. The first-order chi connectivity index (χ1) is 34.7. The molecule has 10 heterocycles. The lowest BCUT2D eigenvalue weighted by Crippen LogP contribution is -2.12. The number of amides is 2. The molecule has 22 heteroatoms. The highest BCUT2D eigenvalue weighted by Gasteiger charge is 2.19. The van der Waals surface area contributed by atoms with E-state index < -0.39 is 0 Å². The van der Waals surface area contributed by atoms with Gasteiger partial charge in [-0.3, -0.25) is 18.4 Å². The number of carbonyl (C=O) groups is 2. The van der Waals surface area contributed by atoms with E-state index in [4.69, 9.17) is 16.5 Å². The molecule has 0 spiro atoms. The van der Waals surface area contributed by atoms with Gasteiger partial charge in [0, 0.05) is 22.7 Å². The van der Waals surface area contributed by atoms with Crippen molar-refractivity contribution in [2.24, 2.45) is 0 Å². The maximum absolute atomic E-state index is 12.9. The van der Waals surface area contributed by atoms with Gasteiger partial charge in [0.05, 0.1) is 78.7 Å². The molecule has 12 aromatic rings. The molecule has 0 radical (unpaired) electrons. The van der Waals surface area contributed by atoms with Crippen molar-refractivity contribution < 1.29 is 9.59 Å². The molecule has 0 saturated heterocycles. The number of nitrogen functional groups attached to an aromatic ring is 2. The summed E-state index contributed by atoms with van der Waals surface area (Å²) in [7, 11) is 0. The standard InChI is InChI=1S/C25H20N8OS2.C24H18N8OS2/c1-15-22(18-13-27-20-9-5-6-12-32(18)20)29-25(35-15)28-21-11-10-19(36-21)24(34)30-23-17(26)14-33(31-23)16-7-3-2-4-8-16;25-16-13-32(15-6-2-1-3-7-15)30-22(16)29-23(33)19-9-10-21(35-19)28-24-27-17(14-34-24)18-12-26-20-8-4-5-11-31(18)20/h2-14H,26H2,1H3,(H,28,29)(H,30,31,34);1-14H,25H2,(H,27,28)(H,29,30,33). The van der Waals surface area contributed by atoms with Gasteiger partial charge in [-0.25, -0.2) is 29.3 Å². The third-order valence-corrected chi connectivity index (χ3v) is 14.4. The normalized spacial score (nSPS) is 11.1. The Kier molecular flexibility index (Phi) is 12.0. The van der Waals surface area contributed by atoms with Crippen LogP contribution < -0.4 is 32.7 Å². The van der Waals surface area contributed by atoms with Crippen LogP contribution in [0.15, 0.2) is 164 Å². The minimum atomic E-state index is -0.279. The van der Waals surface area contributed by atoms with Gasteiger partial charge in [-0.1, -0.05) is 48.5 Å². The van der Waals surface area contributed by atoms with Crippen LogP contribution in [-0.2, 0) is 0 Å². The zero-order chi connectivity index (χ0) is 48.4. The number of para-hydroxylation sites is 2. The third-order valence-electron chi connectivity index (χ3n) is 10.8. The van der Waals surface area contributed by atoms with Crippen molar-refractivity contribution in [3.05, 3.63) is 179 Å². The minimum absolute atomic E-state index is 0.278. The number of imidazole rings is 2. The Balaban J connectivity index is 0.000000154. The van der Waals surface area contributed by atoms with Crippen LogP contribution in [0.2, 0.25) is 0 Å². The Bertz CT molecular complexity index is 3840. The predicted octanol–water partition coefficient (Wildman–Crippen LogP) is 10.9. The zero-order valence-electron chi connectivity index (χ0n) is 37.2. The van der Waals surface area contributed by atoms with E-state index in [1.165, 1.54) is 34.0 Å². The summed E-state index contributed by atoms with van der Waals surface area (Å²) in [5, 5.41) is 26.1. The Morgan fingerprint density at radius 3 is 1.63 bits per heavy atom. The van der Waals surface area contributed by atoms with Crippen LogP contribution in [0.3, 0.4) is 0 Å². The van der Waals surface area contributed by atoms with Crippen LogP contribution in [-0.4, -0.2) is 60.1 Å². The second-order valence-corrected chi connectivity index (χ2v) is 19.7. The molecular weight excluding hydrogens is 973 g/mol. The topological polar surface area (TPSA) is 230 Å². The molecule has 0 unspecified atom stereocenters. The van der Waals surface area contributed by atoms with Gasteiger partial charge in [0.1, 0.15) is 22.7 Å². The summed E-state index contributed by atoms with van der Waals surface area (Å²) in [4.78, 5) is 46.1. The quantitative estimate of drug-likeness (QED) is 0.0671. The number of aryl methyl sites for hydroxylation is 1. The van der Waals surface area contributed by atoms with Crippen LogP contribution in [0.4, 0.5) is 43.3 Å². The summed E-state index contributed by atoms with van der Waals surface area (Å²) < 4.78 is 7.29. The number of fused-ring (bicyclic) bond motifs is 2. The molecule has 12 rings (SSSR count). The Morgan fingerprint density at radius 2 is 1.07 bits per heavy atom. The number of rotatable bonds is 12. The molecule has 0 saturated carbocycles. The first-order valence-corrected chi connectivity index (χ1v) is 25.0. The Labute approximate surface area is 419 Å². The molecule has 8 N–H and O–H groups in total. The van der Waals surface area contributed by atoms with Crippen molar-refractivity contribution in [2.45, 2.75) is 6.92 Å². The average molecular weight is 1010 g/mol. The lowest BCUT2D eigenvalue weighted by Gasteiger charge is -2.01. The summed E-state index contributed by atoms with van der Waals surface area (Å²) in [6.07, 6.45) is 10.9. The highest BCUT2D eigenvalue weighted by atomic mass is 32.1. The van der Waals surface area contributed by atoms with Crippen molar-refractivity contribution in [1.82, 2.24) is 48.3 Å². The largest absolute Gasteiger partial charge is 0.394 e. The predicted molar refractivity (Wildman–Crippen MR) is 284 cm³/mol. The van der Waals surface area contributed by atoms with Crippen LogP contribution >= 0.6 is 45.3 Å². The number of nitrogens with two attached hydrogens (primary N) is 2. The number of thiazole rings is 2. The maximum Gasteiger partial charge on any atom is 0.267 e. The summed E-state index contributed by atoms with van der Waals surface area (Å²) in [5.41, 5.74) is 19.9. The van der Waals surface area contributed by atoms with E-state index in [0.29, 0.717) is 32.8 Å². The van der Waals surface area contributed by atoms with Gasteiger partial charge in [-0.15, -0.1) is 55.5 Å². The Hall–Kier alpha value is -8.96. The monoisotopic (exact) mass is 1010 g/mol. The van der Waals surface area contributed by atoms with E-state index >= 15 is 0 Å². The highest BCUT2D eigenvalue weighted by Crippen LogP contribution is 2.35. The molecule has 2 aromatic carbocycles. The number of nitrogens with zero attached hydrogens (tertiary/aromatic N) is 10. The number of anilines is 8. The van der Waals surface area contributed by atoms with Gasteiger partial charge in [-0.2, -0.15) is 0 Å². The van der Waals surface area contributed by atoms with Crippen molar-refractivity contribution in [3.63, 3.8) is 0 Å². The SMILES string of the molecule is Cc1sc(Nc2ccc(C(=O)Nc3nn(-c4ccccc4)cc3N)s2)nc1-c1cnc2ccccn12.Nc1cn(-c2ccccc2)nc1NC(=O)c1ccc(Nc2nc(-c3cnc4ccccn34)cs2)s1. The Morgan fingerprint density at radius 1 is 0.563 bits per heavy atom. The molecule has 0 aliphatic rings. The molecule has 2 amide bonds.